The van der Waals surface area contributed by atoms with E-state index in [1.807, 2.05) is 0 Å². The van der Waals surface area contributed by atoms with E-state index in [4.69, 9.17) is 0 Å². The second-order valence-electron chi connectivity index (χ2n) is 4.36. The van der Waals surface area contributed by atoms with E-state index in [1.54, 1.807) is 6.92 Å². The minimum Gasteiger partial charge on any atom is -0.508 e. The smallest absolute Gasteiger partial charge is 0.149 e. The van der Waals surface area contributed by atoms with Crippen molar-refractivity contribution >= 4 is 21.6 Å². The van der Waals surface area contributed by atoms with E-state index >= 15 is 0 Å². The fraction of sp³-hybridized carbons (Fsp3) is 0.143. The first kappa shape index (κ1) is 14.6. The minimum atomic E-state index is -0.726. The summed E-state index contributed by atoms with van der Waals surface area (Å²) in [5.74, 6) is -1.58. The summed E-state index contributed by atoms with van der Waals surface area (Å²) in [6.07, 6.45) is 0. The molecule has 0 spiro atoms. The second kappa shape index (κ2) is 5.66. The van der Waals surface area contributed by atoms with E-state index in [0.29, 0.717) is 5.56 Å². The monoisotopic (exact) mass is 343 g/mol. The van der Waals surface area contributed by atoms with Crippen LogP contribution in [0.2, 0.25) is 0 Å². The Labute approximate surface area is 123 Å². The summed E-state index contributed by atoms with van der Waals surface area (Å²) in [4.78, 5) is 0. The Hall–Kier alpha value is -1.82. The molecule has 3 nitrogen and oxygen atoms in total. The molecule has 0 heterocycles. The summed E-state index contributed by atoms with van der Waals surface area (Å²) >= 11 is 2.99. The van der Waals surface area contributed by atoms with Crippen LogP contribution in [0.15, 0.2) is 34.8 Å². The number of benzene rings is 2. The predicted molar refractivity (Wildman–Crippen MR) is 75.9 cm³/mol. The Morgan fingerprint density at radius 3 is 2.45 bits per heavy atom. The van der Waals surface area contributed by atoms with Crippen molar-refractivity contribution in [2.24, 2.45) is 0 Å². The zero-order valence-electron chi connectivity index (χ0n) is 10.5. The fourth-order valence-corrected chi connectivity index (χ4v) is 2.19. The van der Waals surface area contributed by atoms with Gasteiger partial charge in [-0.2, -0.15) is 0 Å². The largest absolute Gasteiger partial charge is 0.508 e. The molecule has 6 heteroatoms. The Bertz CT molecular complexity index is 649. The maximum absolute atomic E-state index is 13.6. The van der Waals surface area contributed by atoms with Crippen molar-refractivity contribution in [1.29, 1.82) is 0 Å². The molecular formula is C14H12BrF2NO2. The van der Waals surface area contributed by atoms with E-state index in [9.17, 15) is 19.0 Å². The molecule has 0 aromatic heterocycles. The van der Waals surface area contributed by atoms with Crippen LogP contribution in [-0.2, 0) is 0 Å². The van der Waals surface area contributed by atoms with Gasteiger partial charge in [-0.3, -0.25) is 0 Å². The van der Waals surface area contributed by atoms with Gasteiger partial charge in [0.1, 0.15) is 23.1 Å². The molecule has 0 aliphatic heterocycles. The van der Waals surface area contributed by atoms with Crippen molar-refractivity contribution in [2.75, 3.05) is 5.32 Å². The van der Waals surface area contributed by atoms with Crippen LogP contribution in [0.3, 0.4) is 0 Å². The molecule has 2 aromatic rings. The first-order valence-electron chi connectivity index (χ1n) is 5.81. The Morgan fingerprint density at radius 1 is 1.10 bits per heavy atom. The molecule has 0 radical (unpaired) electrons. The third-order valence-corrected chi connectivity index (χ3v) is 3.47. The van der Waals surface area contributed by atoms with Crippen molar-refractivity contribution < 1.29 is 19.0 Å². The predicted octanol–water partition coefficient (Wildman–Crippen LogP) is 4.31. The molecule has 2 rings (SSSR count). The van der Waals surface area contributed by atoms with Gasteiger partial charge in [0.2, 0.25) is 0 Å². The van der Waals surface area contributed by atoms with E-state index in [0.717, 1.165) is 6.07 Å². The summed E-state index contributed by atoms with van der Waals surface area (Å²) < 4.78 is 26.9. The molecule has 0 saturated carbocycles. The SMILES string of the molecule is CC(Nc1cc(Br)c(F)cc1F)c1ccc(O)cc1O. The highest BCUT2D eigenvalue weighted by atomic mass is 79.9. The standard InChI is InChI=1S/C14H12BrF2NO2/c1-7(9-3-2-8(19)4-14(9)20)18-13-5-10(15)11(16)6-12(13)17/h2-7,18-20H,1H3. The molecule has 1 unspecified atom stereocenters. The number of rotatable bonds is 3. The number of aromatic hydroxyl groups is 2. The molecule has 0 fully saturated rings. The van der Waals surface area contributed by atoms with Crippen LogP contribution in [0.5, 0.6) is 11.5 Å². The van der Waals surface area contributed by atoms with Gasteiger partial charge >= 0.3 is 0 Å². The number of nitrogens with one attached hydrogen (secondary N) is 1. The topological polar surface area (TPSA) is 52.5 Å². The van der Waals surface area contributed by atoms with Gasteiger partial charge in [0.05, 0.1) is 16.2 Å². The van der Waals surface area contributed by atoms with Crippen molar-refractivity contribution in [3.05, 3.63) is 52.0 Å². The lowest BCUT2D eigenvalue weighted by Crippen LogP contribution is -2.08. The molecule has 1 atom stereocenters. The Morgan fingerprint density at radius 2 is 1.80 bits per heavy atom. The normalized spacial score (nSPS) is 12.2. The number of halogens is 3. The van der Waals surface area contributed by atoms with Crippen molar-refractivity contribution in [3.63, 3.8) is 0 Å². The molecule has 3 N–H and O–H groups in total. The van der Waals surface area contributed by atoms with Crippen molar-refractivity contribution in [1.82, 2.24) is 0 Å². The van der Waals surface area contributed by atoms with Gasteiger partial charge < -0.3 is 15.5 Å². The van der Waals surface area contributed by atoms with Gasteiger partial charge in [-0.25, -0.2) is 8.78 Å². The summed E-state index contributed by atoms with van der Waals surface area (Å²) in [6.45, 7) is 1.71. The van der Waals surface area contributed by atoms with Gasteiger partial charge in [0.15, 0.2) is 0 Å². The van der Waals surface area contributed by atoms with Crippen molar-refractivity contribution in [2.45, 2.75) is 13.0 Å². The van der Waals surface area contributed by atoms with Gasteiger partial charge in [0, 0.05) is 17.7 Å². The summed E-state index contributed by atoms with van der Waals surface area (Å²) in [5.41, 5.74) is 0.598. The van der Waals surface area contributed by atoms with Crippen LogP contribution < -0.4 is 5.32 Å². The first-order chi connectivity index (χ1) is 9.38. The average Bonchev–Trinajstić information content (AvgIpc) is 2.35. The van der Waals surface area contributed by atoms with Crippen LogP contribution >= 0.6 is 15.9 Å². The quantitative estimate of drug-likeness (QED) is 0.728. The highest BCUT2D eigenvalue weighted by molar-refractivity contribution is 9.10. The lowest BCUT2D eigenvalue weighted by molar-refractivity contribution is 0.444. The average molecular weight is 344 g/mol. The van der Waals surface area contributed by atoms with Gasteiger partial charge in [-0.05, 0) is 41.1 Å². The number of hydrogen-bond donors (Lipinski definition) is 3. The lowest BCUT2D eigenvalue weighted by atomic mass is 10.1. The molecule has 0 saturated heterocycles. The lowest BCUT2D eigenvalue weighted by Gasteiger charge is -2.18. The number of hydrogen-bond acceptors (Lipinski definition) is 3. The van der Waals surface area contributed by atoms with Crippen LogP contribution in [0.4, 0.5) is 14.5 Å². The van der Waals surface area contributed by atoms with E-state index in [2.05, 4.69) is 21.2 Å². The van der Waals surface area contributed by atoms with E-state index < -0.39 is 17.7 Å². The molecule has 2 aromatic carbocycles. The maximum atomic E-state index is 13.6. The van der Waals surface area contributed by atoms with Crippen LogP contribution in [0.25, 0.3) is 0 Å². The molecule has 106 valence electrons. The number of phenols is 2. The Kier molecular flexibility index (Phi) is 4.13. The summed E-state index contributed by atoms with van der Waals surface area (Å²) in [7, 11) is 0. The highest BCUT2D eigenvalue weighted by Crippen LogP contribution is 2.32. The van der Waals surface area contributed by atoms with Gasteiger partial charge in [-0.1, -0.05) is 0 Å². The maximum Gasteiger partial charge on any atom is 0.149 e. The van der Waals surface area contributed by atoms with Gasteiger partial charge in [0.25, 0.3) is 0 Å². The highest BCUT2D eigenvalue weighted by Gasteiger charge is 2.14. The van der Waals surface area contributed by atoms with E-state index in [1.165, 1.54) is 24.3 Å². The molecule has 0 amide bonds. The molecule has 20 heavy (non-hydrogen) atoms. The zero-order chi connectivity index (χ0) is 14.9. The molecule has 0 aliphatic carbocycles. The number of anilines is 1. The number of phenolic OH excluding ortho intramolecular Hbond substituents is 2. The van der Waals surface area contributed by atoms with Gasteiger partial charge in [-0.15, -0.1) is 0 Å². The molecular weight excluding hydrogens is 332 g/mol. The first-order valence-corrected chi connectivity index (χ1v) is 6.60. The van der Waals surface area contributed by atoms with Crippen LogP contribution in [0.1, 0.15) is 18.5 Å². The third kappa shape index (κ3) is 3.01. The third-order valence-electron chi connectivity index (χ3n) is 2.86. The summed E-state index contributed by atoms with van der Waals surface area (Å²) in [6, 6.07) is 5.78. The summed E-state index contributed by atoms with van der Waals surface area (Å²) in [5, 5.41) is 21.8. The molecule has 0 aliphatic rings. The van der Waals surface area contributed by atoms with Crippen LogP contribution in [0, 0.1) is 11.6 Å². The zero-order valence-corrected chi connectivity index (χ0v) is 12.1. The Balaban J connectivity index is 2.27. The van der Waals surface area contributed by atoms with Crippen LogP contribution in [-0.4, -0.2) is 10.2 Å². The minimum absolute atomic E-state index is 0.0610. The fourth-order valence-electron chi connectivity index (χ4n) is 1.84. The molecule has 0 bridgehead atoms. The van der Waals surface area contributed by atoms with Crippen molar-refractivity contribution in [3.8, 4) is 11.5 Å². The second-order valence-corrected chi connectivity index (χ2v) is 5.21. The van der Waals surface area contributed by atoms with E-state index in [-0.39, 0.29) is 21.7 Å².